The average molecular weight is 426 g/mol. The molecule has 3 rings (SSSR count). The van der Waals surface area contributed by atoms with Crippen LogP contribution in [0.15, 0.2) is 59.8 Å². The van der Waals surface area contributed by atoms with Crippen LogP contribution in [0.2, 0.25) is 0 Å². The maximum Gasteiger partial charge on any atom is 0.337 e. The standard InChI is InChI=1S/C21H22N4O4S/c1-3-25-18(13-29-17-10-5-4-6-11-17)23-24-21(25)30-14-19(26)22-16-9-7-8-15(12-16)20(27)28-2/h4-12H,3,13-14H2,1-2H3,(H,22,26). The first-order chi connectivity index (χ1) is 14.6. The molecule has 0 aliphatic rings. The van der Waals surface area contributed by atoms with Crippen LogP contribution in [0.3, 0.4) is 0 Å². The third-order valence-electron chi connectivity index (χ3n) is 4.12. The molecule has 0 saturated heterocycles. The van der Waals surface area contributed by atoms with Gasteiger partial charge in [0.1, 0.15) is 12.4 Å². The van der Waals surface area contributed by atoms with Crippen molar-refractivity contribution < 1.29 is 19.1 Å². The summed E-state index contributed by atoms with van der Waals surface area (Å²) in [5, 5.41) is 11.8. The van der Waals surface area contributed by atoms with Crippen molar-refractivity contribution in [2.75, 3.05) is 18.2 Å². The number of methoxy groups -OCH3 is 1. The lowest BCUT2D eigenvalue weighted by molar-refractivity contribution is -0.113. The number of hydrogen-bond acceptors (Lipinski definition) is 7. The third-order valence-corrected chi connectivity index (χ3v) is 5.09. The van der Waals surface area contributed by atoms with Gasteiger partial charge >= 0.3 is 5.97 Å². The number of hydrogen-bond donors (Lipinski definition) is 1. The molecule has 30 heavy (non-hydrogen) atoms. The molecule has 1 amide bonds. The van der Waals surface area contributed by atoms with Gasteiger partial charge < -0.3 is 19.4 Å². The highest BCUT2D eigenvalue weighted by Crippen LogP contribution is 2.19. The Morgan fingerprint density at radius 1 is 1.10 bits per heavy atom. The zero-order chi connectivity index (χ0) is 21.3. The first-order valence-electron chi connectivity index (χ1n) is 9.31. The van der Waals surface area contributed by atoms with Crippen molar-refractivity contribution in [3.8, 4) is 5.75 Å². The zero-order valence-corrected chi connectivity index (χ0v) is 17.5. The van der Waals surface area contributed by atoms with Gasteiger partial charge in [-0.05, 0) is 37.3 Å². The second-order valence-electron chi connectivity index (χ2n) is 6.15. The lowest BCUT2D eigenvalue weighted by Crippen LogP contribution is -2.15. The number of amides is 1. The number of anilines is 1. The van der Waals surface area contributed by atoms with Gasteiger partial charge in [0.05, 0.1) is 18.4 Å². The fourth-order valence-corrected chi connectivity index (χ4v) is 3.50. The summed E-state index contributed by atoms with van der Waals surface area (Å²) in [6, 6.07) is 16.1. The minimum absolute atomic E-state index is 0.153. The van der Waals surface area contributed by atoms with Crippen LogP contribution >= 0.6 is 11.8 Å². The SMILES string of the molecule is CCn1c(COc2ccccc2)nnc1SCC(=O)Nc1cccc(C(=O)OC)c1. The first kappa shape index (κ1) is 21.4. The van der Waals surface area contributed by atoms with Crippen LogP contribution in [0.25, 0.3) is 0 Å². The molecule has 0 spiro atoms. The van der Waals surface area contributed by atoms with Crippen molar-refractivity contribution in [2.24, 2.45) is 0 Å². The second kappa shape index (κ2) is 10.4. The molecule has 0 saturated carbocycles. The molecule has 2 aromatic carbocycles. The van der Waals surface area contributed by atoms with Crippen LogP contribution in [-0.4, -0.2) is 39.5 Å². The maximum atomic E-state index is 12.3. The number of rotatable bonds is 9. The average Bonchev–Trinajstić information content (AvgIpc) is 3.18. The topological polar surface area (TPSA) is 95.3 Å². The Morgan fingerprint density at radius 3 is 2.63 bits per heavy atom. The van der Waals surface area contributed by atoms with Crippen LogP contribution in [0.1, 0.15) is 23.1 Å². The number of carbonyl (C=O) groups excluding carboxylic acids is 2. The van der Waals surface area contributed by atoms with Gasteiger partial charge in [-0.2, -0.15) is 0 Å². The highest BCUT2D eigenvalue weighted by atomic mass is 32.2. The summed E-state index contributed by atoms with van der Waals surface area (Å²) in [5.74, 6) is 0.928. The van der Waals surface area contributed by atoms with Gasteiger partial charge in [-0.15, -0.1) is 10.2 Å². The van der Waals surface area contributed by atoms with E-state index in [-0.39, 0.29) is 18.3 Å². The fraction of sp³-hybridized carbons (Fsp3) is 0.238. The highest BCUT2D eigenvalue weighted by molar-refractivity contribution is 7.99. The summed E-state index contributed by atoms with van der Waals surface area (Å²) in [7, 11) is 1.31. The normalized spacial score (nSPS) is 10.5. The molecule has 0 aliphatic heterocycles. The van der Waals surface area contributed by atoms with E-state index in [1.807, 2.05) is 41.8 Å². The zero-order valence-electron chi connectivity index (χ0n) is 16.7. The Balaban J connectivity index is 1.57. The van der Waals surface area contributed by atoms with Crippen molar-refractivity contribution in [2.45, 2.75) is 25.2 Å². The molecule has 8 nitrogen and oxygen atoms in total. The van der Waals surface area contributed by atoms with Crippen molar-refractivity contribution >= 4 is 29.3 Å². The third kappa shape index (κ3) is 5.60. The Bertz CT molecular complexity index is 1010. The number of esters is 1. The van der Waals surface area contributed by atoms with Crippen molar-refractivity contribution in [3.63, 3.8) is 0 Å². The molecule has 0 bridgehead atoms. The first-order valence-corrected chi connectivity index (χ1v) is 10.3. The van der Waals surface area contributed by atoms with E-state index in [4.69, 9.17) is 9.47 Å². The summed E-state index contributed by atoms with van der Waals surface area (Å²) in [6.45, 7) is 2.93. The van der Waals surface area contributed by atoms with Crippen LogP contribution in [-0.2, 0) is 22.7 Å². The fourth-order valence-electron chi connectivity index (χ4n) is 2.68. The highest BCUT2D eigenvalue weighted by Gasteiger charge is 2.14. The van der Waals surface area contributed by atoms with E-state index in [2.05, 4.69) is 15.5 Å². The smallest absolute Gasteiger partial charge is 0.337 e. The predicted octanol–water partition coefficient (Wildman–Crippen LogP) is 3.39. The number of ether oxygens (including phenoxy) is 2. The van der Waals surface area contributed by atoms with E-state index in [9.17, 15) is 9.59 Å². The van der Waals surface area contributed by atoms with E-state index < -0.39 is 5.97 Å². The van der Waals surface area contributed by atoms with Crippen LogP contribution < -0.4 is 10.1 Å². The molecule has 1 heterocycles. The van der Waals surface area contributed by atoms with Gasteiger partial charge in [0.25, 0.3) is 0 Å². The Kier molecular flexibility index (Phi) is 7.45. The number of benzene rings is 2. The van der Waals surface area contributed by atoms with E-state index in [0.717, 1.165) is 5.75 Å². The number of carbonyl (C=O) groups is 2. The molecule has 0 atom stereocenters. The summed E-state index contributed by atoms with van der Waals surface area (Å²) in [4.78, 5) is 23.9. The van der Waals surface area contributed by atoms with Crippen molar-refractivity contribution in [3.05, 3.63) is 66.0 Å². The Hall–Kier alpha value is -3.33. The molecule has 0 unspecified atom stereocenters. The quantitative estimate of drug-likeness (QED) is 0.414. The number of nitrogens with zero attached hydrogens (tertiary/aromatic N) is 3. The number of aromatic nitrogens is 3. The summed E-state index contributed by atoms with van der Waals surface area (Å²) < 4.78 is 12.4. The minimum atomic E-state index is -0.457. The van der Waals surface area contributed by atoms with Crippen LogP contribution in [0.5, 0.6) is 5.75 Å². The van der Waals surface area contributed by atoms with Gasteiger partial charge in [0, 0.05) is 12.2 Å². The molecule has 0 radical (unpaired) electrons. The number of para-hydroxylation sites is 1. The summed E-state index contributed by atoms with van der Waals surface area (Å²) in [5.41, 5.74) is 0.897. The molecule has 0 fully saturated rings. The molecule has 3 aromatic rings. The number of nitrogens with one attached hydrogen (secondary N) is 1. The Labute approximate surface area is 178 Å². The van der Waals surface area contributed by atoms with E-state index in [0.29, 0.717) is 28.8 Å². The van der Waals surface area contributed by atoms with Gasteiger partial charge in [0.15, 0.2) is 11.0 Å². The largest absolute Gasteiger partial charge is 0.486 e. The molecule has 156 valence electrons. The number of thioether (sulfide) groups is 1. The molecule has 0 aliphatic carbocycles. The van der Waals surface area contributed by atoms with Crippen molar-refractivity contribution in [1.82, 2.24) is 14.8 Å². The summed E-state index contributed by atoms with van der Waals surface area (Å²) >= 11 is 1.29. The predicted molar refractivity (Wildman–Crippen MR) is 114 cm³/mol. The lowest BCUT2D eigenvalue weighted by Gasteiger charge is -2.09. The van der Waals surface area contributed by atoms with Gasteiger partial charge in [0.2, 0.25) is 5.91 Å². The van der Waals surface area contributed by atoms with E-state index in [1.54, 1.807) is 24.3 Å². The van der Waals surface area contributed by atoms with Gasteiger partial charge in [-0.25, -0.2) is 4.79 Å². The van der Waals surface area contributed by atoms with Crippen LogP contribution in [0.4, 0.5) is 5.69 Å². The monoisotopic (exact) mass is 426 g/mol. The Morgan fingerprint density at radius 2 is 1.90 bits per heavy atom. The molecule has 1 N–H and O–H groups in total. The van der Waals surface area contributed by atoms with Crippen LogP contribution in [0, 0.1) is 0 Å². The molecular weight excluding hydrogens is 404 g/mol. The second-order valence-corrected chi connectivity index (χ2v) is 7.10. The minimum Gasteiger partial charge on any atom is -0.486 e. The molecule has 1 aromatic heterocycles. The maximum absolute atomic E-state index is 12.3. The van der Waals surface area contributed by atoms with Gasteiger partial charge in [-0.3, -0.25) is 4.79 Å². The summed E-state index contributed by atoms with van der Waals surface area (Å²) in [6.07, 6.45) is 0. The van der Waals surface area contributed by atoms with Crippen molar-refractivity contribution in [1.29, 1.82) is 0 Å². The lowest BCUT2D eigenvalue weighted by atomic mass is 10.2. The molecular formula is C21H22N4O4S. The van der Waals surface area contributed by atoms with E-state index in [1.165, 1.54) is 18.9 Å². The van der Waals surface area contributed by atoms with Gasteiger partial charge in [-0.1, -0.05) is 36.0 Å². The van der Waals surface area contributed by atoms with E-state index >= 15 is 0 Å². The molecule has 9 heteroatoms.